The van der Waals surface area contributed by atoms with E-state index in [1.165, 1.54) is 12.1 Å². The minimum atomic E-state index is -3.78. The zero-order valence-corrected chi connectivity index (χ0v) is 10.7. The lowest BCUT2D eigenvalue weighted by Gasteiger charge is -2.22. The molecule has 2 N–H and O–H groups in total. The average Bonchev–Trinajstić information content (AvgIpc) is 2.82. The first kappa shape index (κ1) is 12.4. The molecule has 0 bridgehead atoms. The number of hydrogen-bond acceptors (Lipinski definition) is 4. The predicted octanol–water partition coefficient (Wildman–Crippen LogP) is 1.17. The molecule has 0 aliphatic carbocycles. The Labute approximate surface area is 112 Å². The van der Waals surface area contributed by atoms with Crippen LogP contribution in [0.5, 0.6) is 0 Å². The molecule has 6 nitrogen and oxygen atoms in total. The summed E-state index contributed by atoms with van der Waals surface area (Å²) in [6.07, 6.45) is 0.753. The number of rotatable bonds is 1. The fourth-order valence-corrected chi connectivity index (χ4v) is 3.17. The van der Waals surface area contributed by atoms with E-state index in [1.807, 2.05) is 0 Å². The van der Waals surface area contributed by atoms with E-state index in [-0.39, 0.29) is 19.8 Å². The van der Waals surface area contributed by atoms with Gasteiger partial charge in [0.2, 0.25) is 5.96 Å². The monoisotopic (exact) mass is 289 g/mol. The van der Waals surface area contributed by atoms with Crippen molar-refractivity contribution in [3.8, 4) is 0 Å². The number of halogens is 1. The van der Waals surface area contributed by atoms with Crippen molar-refractivity contribution < 1.29 is 20.4 Å². The van der Waals surface area contributed by atoms with Gasteiger partial charge in [-0.05, 0) is 24.6 Å². The molecule has 106 valence electrons. The lowest BCUT2D eigenvalue weighted by Crippen LogP contribution is -2.41. The highest BCUT2D eigenvalue weighted by Crippen LogP contribution is 2.25. The maximum atomic E-state index is 13.1. The number of ether oxygens (including phenoxy) is 1. The van der Waals surface area contributed by atoms with Crippen molar-refractivity contribution in [2.75, 3.05) is 18.5 Å². The van der Waals surface area contributed by atoms with Gasteiger partial charge in [0.1, 0.15) is 10.7 Å². The number of benzene rings is 1. The largest absolute Gasteiger partial charge is 0.379 e. The topological polar surface area (TPSA) is 79.8 Å². The molecule has 1 unspecified atom stereocenters. The lowest BCUT2D eigenvalue weighted by molar-refractivity contribution is 0.194. The van der Waals surface area contributed by atoms with Crippen LogP contribution in [0.1, 0.15) is 9.27 Å². The van der Waals surface area contributed by atoms with Gasteiger partial charge in [-0.1, -0.05) is 0 Å². The van der Waals surface area contributed by atoms with Crippen molar-refractivity contribution in [1.82, 2.24) is 4.72 Å². The molecule has 2 aliphatic heterocycles. The molecule has 8 heteroatoms. The van der Waals surface area contributed by atoms with E-state index in [1.54, 1.807) is 0 Å². The molecule has 0 aromatic heterocycles. The van der Waals surface area contributed by atoms with Crippen LogP contribution in [0.4, 0.5) is 10.1 Å². The van der Waals surface area contributed by atoms with E-state index >= 15 is 0 Å². The normalized spacial score (nSPS) is 26.6. The maximum absolute atomic E-state index is 13.1. The molecule has 2 aliphatic rings. The summed E-state index contributed by atoms with van der Waals surface area (Å²) in [5.41, 5.74) is 0.317. The molecule has 1 saturated heterocycles. The number of aliphatic imine (C=N–C) groups is 1. The van der Waals surface area contributed by atoms with Crippen LogP contribution in [0.3, 0.4) is 0 Å². The van der Waals surface area contributed by atoms with Gasteiger partial charge in [0.15, 0.2) is 0 Å². The van der Waals surface area contributed by atoms with Crippen LogP contribution in [0.2, 0.25) is 0 Å². The molecule has 3 rings (SSSR count). The molecule has 19 heavy (non-hydrogen) atoms. The first-order valence-electron chi connectivity index (χ1n) is 5.79. The maximum Gasteiger partial charge on any atom is 0.266 e. The van der Waals surface area contributed by atoms with Crippen LogP contribution in [0, 0.1) is 5.82 Å². The molecule has 0 saturated carbocycles. The van der Waals surface area contributed by atoms with E-state index < -0.39 is 15.8 Å². The third-order valence-corrected chi connectivity index (χ3v) is 4.31. The van der Waals surface area contributed by atoms with Gasteiger partial charge >= 0.3 is 0 Å². The summed E-state index contributed by atoms with van der Waals surface area (Å²) in [6, 6.07) is 3.49. The fraction of sp³-hybridized carbons (Fsp3) is 0.364. The zero-order chi connectivity index (χ0) is 13.5. The first-order chi connectivity index (χ1) is 9.04. The number of nitrogens with one attached hydrogen (secondary N) is 2. The summed E-state index contributed by atoms with van der Waals surface area (Å²) < 4.78 is 44.5. The SMILES string of the molecule is O=S1(=O)NC(=NC2CCOC2)Nc2ccc(F)cc21.[HH].[HH]. The zero-order valence-electron chi connectivity index (χ0n) is 9.89. The second-order valence-electron chi connectivity index (χ2n) is 4.37. The molecule has 0 radical (unpaired) electrons. The minimum absolute atomic E-state index is 0. The highest BCUT2D eigenvalue weighted by Gasteiger charge is 2.28. The van der Waals surface area contributed by atoms with Gasteiger partial charge in [-0.2, -0.15) is 0 Å². The second kappa shape index (κ2) is 4.46. The highest BCUT2D eigenvalue weighted by molar-refractivity contribution is 7.90. The molecule has 0 spiro atoms. The quantitative estimate of drug-likeness (QED) is 0.813. The van der Waals surface area contributed by atoms with Crippen molar-refractivity contribution in [2.45, 2.75) is 17.4 Å². The molecule has 1 fully saturated rings. The Bertz CT molecular complexity index is 648. The van der Waals surface area contributed by atoms with Crippen LogP contribution >= 0.6 is 0 Å². The van der Waals surface area contributed by atoms with Crippen molar-refractivity contribution >= 4 is 21.7 Å². The van der Waals surface area contributed by atoms with Crippen molar-refractivity contribution in [3.05, 3.63) is 24.0 Å². The van der Waals surface area contributed by atoms with Crippen LogP contribution < -0.4 is 10.0 Å². The Morgan fingerprint density at radius 2 is 2.32 bits per heavy atom. The van der Waals surface area contributed by atoms with Crippen LogP contribution in [-0.4, -0.2) is 33.6 Å². The molecule has 1 aromatic carbocycles. The summed E-state index contributed by atoms with van der Waals surface area (Å²) in [5.74, 6) is -0.454. The molecule has 1 atom stereocenters. The number of fused-ring (bicyclic) bond motifs is 1. The van der Waals surface area contributed by atoms with Gasteiger partial charge in [-0.25, -0.2) is 22.5 Å². The highest BCUT2D eigenvalue weighted by atomic mass is 32.2. The summed E-state index contributed by atoms with van der Waals surface area (Å²) in [7, 11) is -3.78. The van der Waals surface area contributed by atoms with E-state index in [2.05, 4.69) is 15.0 Å². The Balaban J connectivity index is 0.00000110. The van der Waals surface area contributed by atoms with Crippen molar-refractivity contribution in [2.24, 2.45) is 4.99 Å². The summed E-state index contributed by atoms with van der Waals surface area (Å²) in [5, 5.41) is 2.84. The van der Waals surface area contributed by atoms with E-state index in [9.17, 15) is 12.8 Å². The van der Waals surface area contributed by atoms with Gasteiger partial charge in [0.25, 0.3) is 10.0 Å². The Morgan fingerprint density at radius 3 is 3.05 bits per heavy atom. The summed E-state index contributed by atoms with van der Waals surface area (Å²) in [6.45, 7) is 1.10. The van der Waals surface area contributed by atoms with Gasteiger partial charge in [0.05, 0.1) is 18.3 Å². The molecular formula is C11H16FN3O3S. The van der Waals surface area contributed by atoms with Crippen LogP contribution in [0.25, 0.3) is 0 Å². The Kier molecular flexibility index (Phi) is 2.90. The number of nitrogens with zero attached hydrogens (tertiary/aromatic N) is 1. The van der Waals surface area contributed by atoms with E-state index in [0.29, 0.717) is 18.9 Å². The van der Waals surface area contributed by atoms with Crippen molar-refractivity contribution in [3.63, 3.8) is 0 Å². The van der Waals surface area contributed by atoms with Gasteiger partial charge in [-0.15, -0.1) is 0 Å². The smallest absolute Gasteiger partial charge is 0.266 e. The number of sulfonamides is 1. The first-order valence-corrected chi connectivity index (χ1v) is 7.28. The van der Waals surface area contributed by atoms with E-state index in [0.717, 1.165) is 12.5 Å². The summed E-state index contributed by atoms with van der Waals surface area (Å²) >= 11 is 0. The standard InChI is InChI=1S/C11H12FN3O3S.2H2/c12-7-1-2-9-10(5-7)19(16,17)15-11(14-9)13-8-3-4-18-6-8;;/h1-2,5,8H,3-4,6H2,(H2,13,14,15);2*1H. The number of anilines is 1. The van der Waals surface area contributed by atoms with E-state index in [4.69, 9.17) is 4.74 Å². The Morgan fingerprint density at radius 1 is 1.47 bits per heavy atom. The van der Waals surface area contributed by atoms with Crippen molar-refractivity contribution in [1.29, 1.82) is 0 Å². The molecule has 2 heterocycles. The average molecular weight is 289 g/mol. The molecular weight excluding hydrogens is 273 g/mol. The number of guanidine groups is 1. The third kappa shape index (κ3) is 2.41. The van der Waals surface area contributed by atoms with Crippen LogP contribution in [0.15, 0.2) is 28.1 Å². The minimum Gasteiger partial charge on any atom is -0.379 e. The lowest BCUT2D eigenvalue weighted by atomic mass is 10.3. The fourth-order valence-electron chi connectivity index (χ4n) is 2.02. The second-order valence-corrected chi connectivity index (χ2v) is 6.02. The Hall–Kier alpha value is -1.67. The van der Waals surface area contributed by atoms with Gasteiger partial charge < -0.3 is 10.1 Å². The predicted molar refractivity (Wildman–Crippen MR) is 71.2 cm³/mol. The third-order valence-electron chi connectivity index (χ3n) is 2.93. The number of hydrogen-bond donors (Lipinski definition) is 2. The molecule has 1 aromatic rings. The van der Waals surface area contributed by atoms with Gasteiger partial charge in [0, 0.05) is 9.46 Å². The van der Waals surface area contributed by atoms with Crippen LogP contribution in [-0.2, 0) is 14.8 Å². The molecule has 0 amide bonds. The summed E-state index contributed by atoms with van der Waals surface area (Å²) in [4.78, 5) is 4.13. The van der Waals surface area contributed by atoms with Gasteiger partial charge in [-0.3, -0.25) is 0 Å².